The first-order chi connectivity index (χ1) is 13.7. The smallest absolute Gasteiger partial charge is 0.252 e. The van der Waals surface area contributed by atoms with Crippen LogP contribution in [0.4, 0.5) is 0 Å². The standard InChI is InChI=1S/C23H20N2O2S/c1-15-13-19(23(26)24-14-16-7-3-4-10-20(16)27-2)17-8-5-9-18(22(17)25-15)21-11-6-12-28-21/h3-13H,14H2,1-2H3,(H,24,26). The van der Waals surface area contributed by atoms with Crippen LogP contribution in [0.15, 0.2) is 66.0 Å². The lowest BCUT2D eigenvalue weighted by molar-refractivity contribution is 0.0952. The minimum Gasteiger partial charge on any atom is -0.496 e. The number of nitrogens with one attached hydrogen (secondary N) is 1. The summed E-state index contributed by atoms with van der Waals surface area (Å²) in [6.45, 7) is 2.32. The van der Waals surface area contributed by atoms with Gasteiger partial charge >= 0.3 is 0 Å². The largest absolute Gasteiger partial charge is 0.496 e. The highest BCUT2D eigenvalue weighted by molar-refractivity contribution is 7.13. The second-order valence-electron chi connectivity index (χ2n) is 6.48. The van der Waals surface area contributed by atoms with Crippen LogP contribution in [0.3, 0.4) is 0 Å². The van der Waals surface area contributed by atoms with Crippen molar-refractivity contribution >= 4 is 28.1 Å². The van der Waals surface area contributed by atoms with Crippen LogP contribution < -0.4 is 10.1 Å². The Labute approximate surface area is 167 Å². The number of fused-ring (bicyclic) bond motifs is 1. The van der Waals surface area contributed by atoms with Gasteiger partial charge in [0, 0.05) is 33.6 Å². The van der Waals surface area contributed by atoms with Crippen LogP contribution in [0.25, 0.3) is 21.3 Å². The third-order valence-electron chi connectivity index (χ3n) is 4.63. The summed E-state index contributed by atoms with van der Waals surface area (Å²) in [6.07, 6.45) is 0. The molecule has 2 aromatic heterocycles. The monoisotopic (exact) mass is 388 g/mol. The number of hydrogen-bond acceptors (Lipinski definition) is 4. The molecule has 0 aliphatic rings. The van der Waals surface area contributed by atoms with E-state index in [-0.39, 0.29) is 5.91 Å². The van der Waals surface area contributed by atoms with Gasteiger partial charge in [0.05, 0.1) is 18.2 Å². The van der Waals surface area contributed by atoms with Crippen molar-refractivity contribution in [2.45, 2.75) is 13.5 Å². The molecular formula is C23H20N2O2S. The van der Waals surface area contributed by atoms with Crippen LogP contribution in [0.2, 0.25) is 0 Å². The Morgan fingerprint density at radius 3 is 2.75 bits per heavy atom. The fourth-order valence-corrected chi connectivity index (χ4v) is 4.07. The van der Waals surface area contributed by atoms with Crippen molar-refractivity contribution in [1.29, 1.82) is 0 Å². The van der Waals surface area contributed by atoms with Crippen molar-refractivity contribution in [3.05, 3.63) is 82.9 Å². The average Bonchev–Trinajstić information content (AvgIpc) is 3.25. The van der Waals surface area contributed by atoms with Crippen molar-refractivity contribution in [3.8, 4) is 16.2 Å². The number of rotatable bonds is 5. The highest BCUT2D eigenvalue weighted by Gasteiger charge is 2.15. The van der Waals surface area contributed by atoms with Crippen molar-refractivity contribution in [3.63, 3.8) is 0 Å². The molecule has 4 aromatic rings. The third-order valence-corrected chi connectivity index (χ3v) is 5.53. The summed E-state index contributed by atoms with van der Waals surface area (Å²) in [5.41, 5.74) is 4.30. The number of para-hydroxylation sites is 2. The predicted molar refractivity (Wildman–Crippen MR) is 114 cm³/mol. The number of ether oxygens (including phenoxy) is 1. The Morgan fingerprint density at radius 2 is 1.96 bits per heavy atom. The van der Waals surface area contributed by atoms with Gasteiger partial charge in [-0.05, 0) is 30.5 Å². The minimum atomic E-state index is -0.121. The number of carbonyl (C=O) groups excluding carboxylic acids is 1. The van der Waals surface area contributed by atoms with E-state index in [0.29, 0.717) is 12.1 Å². The molecule has 4 rings (SSSR count). The van der Waals surface area contributed by atoms with Crippen LogP contribution in [0.1, 0.15) is 21.6 Å². The number of aryl methyl sites for hydroxylation is 1. The molecule has 1 amide bonds. The molecule has 0 unspecified atom stereocenters. The zero-order valence-corrected chi connectivity index (χ0v) is 16.5. The second kappa shape index (κ2) is 7.82. The van der Waals surface area contributed by atoms with Crippen molar-refractivity contribution < 1.29 is 9.53 Å². The molecule has 2 heterocycles. The molecule has 0 spiro atoms. The molecule has 0 aliphatic carbocycles. The van der Waals surface area contributed by atoms with Crippen LogP contribution in [-0.4, -0.2) is 18.0 Å². The fraction of sp³-hybridized carbons (Fsp3) is 0.130. The van der Waals surface area contributed by atoms with Gasteiger partial charge in [0.25, 0.3) is 5.91 Å². The molecule has 4 nitrogen and oxygen atoms in total. The Morgan fingerprint density at radius 1 is 1.11 bits per heavy atom. The zero-order valence-electron chi connectivity index (χ0n) is 15.7. The van der Waals surface area contributed by atoms with E-state index >= 15 is 0 Å². The number of carbonyl (C=O) groups is 1. The Kier molecular flexibility index (Phi) is 5.08. The lowest BCUT2D eigenvalue weighted by Gasteiger charge is -2.12. The molecule has 28 heavy (non-hydrogen) atoms. The maximum Gasteiger partial charge on any atom is 0.252 e. The number of amides is 1. The number of hydrogen-bond donors (Lipinski definition) is 1. The molecule has 5 heteroatoms. The highest BCUT2D eigenvalue weighted by Crippen LogP contribution is 2.32. The highest BCUT2D eigenvalue weighted by atomic mass is 32.1. The summed E-state index contributed by atoms with van der Waals surface area (Å²) in [7, 11) is 1.63. The number of aromatic nitrogens is 1. The van der Waals surface area contributed by atoms with Crippen LogP contribution in [-0.2, 0) is 6.54 Å². The van der Waals surface area contributed by atoms with Gasteiger partial charge in [0.2, 0.25) is 0 Å². The lowest BCUT2D eigenvalue weighted by atomic mass is 10.0. The Bertz CT molecular complexity index is 1140. The van der Waals surface area contributed by atoms with E-state index in [2.05, 4.69) is 17.4 Å². The SMILES string of the molecule is COc1ccccc1CNC(=O)c1cc(C)nc2c(-c3cccs3)cccc12. The summed E-state index contributed by atoms with van der Waals surface area (Å²) in [5, 5.41) is 5.92. The number of pyridine rings is 1. The van der Waals surface area contributed by atoms with E-state index < -0.39 is 0 Å². The van der Waals surface area contributed by atoms with E-state index in [1.165, 1.54) is 0 Å². The molecule has 0 fully saturated rings. The van der Waals surface area contributed by atoms with Gasteiger partial charge in [-0.2, -0.15) is 0 Å². The molecule has 2 aromatic carbocycles. The van der Waals surface area contributed by atoms with E-state index in [4.69, 9.17) is 9.72 Å². The molecule has 0 aliphatic heterocycles. The van der Waals surface area contributed by atoms with Crippen molar-refractivity contribution in [2.24, 2.45) is 0 Å². The van der Waals surface area contributed by atoms with Gasteiger partial charge in [-0.1, -0.05) is 42.5 Å². The molecule has 0 atom stereocenters. The molecular weight excluding hydrogens is 368 g/mol. The predicted octanol–water partition coefficient (Wildman–Crippen LogP) is 5.21. The summed E-state index contributed by atoms with van der Waals surface area (Å²) in [6, 6.07) is 19.6. The average molecular weight is 388 g/mol. The quantitative estimate of drug-likeness (QED) is 0.511. The van der Waals surface area contributed by atoms with E-state index in [0.717, 1.165) is 38.4 Å². The van der Waals surface area contributed by atoms with Gasteiger partial charge in [0.15, 0.2) is 0 Å². The molecule has 0 saturated carbocycles. The van der Waals surface area contributed by atoms with Gasteiger partial charge < -0.3 is 10.1 Å². The van der Waals surface area contributed by atoms with E-state index in [1.54, 1.807) is 18.4 Å². The number of nitrogens with zero attached hydrogens (tertiary/aromatic N) is 1. The van der Waals surface area contributed by atoms with Crippen LogP contribution in [0.5, 0.6) is 5.75 Å². The number of methoxy groups -OCH3 is 1. The fourth-order valence-electron chi connectivity index (χ4n) is 3.31. The van der Waals surface area contributed by atoms with Gasteiger partial charge in [0.1, 0.15) is 5.75 Å². The van der Waals surface area contributed by atoms with E-state index in [9.17, 15) is 4.79 Å². The first-order valence-corrected chi connectivity index (χ1v) is 9.89. The van der Waals surface area contributed by atoms with Crippen LogP contribution in [0, 0.1) is 6.92 Å². The third kappa shape index (κ3) is 3.49. The molecule has 140 valence electrons. The first-order valence-electron chi connectivity index (χ1n) is 9.01. The molecule has 1 N–H and O–H groups in total. The summed E-state index contributed by atoms with van der Waals surface area (Å²) >= 11 is 1.67. The minimum absolute atomic E-state index is 0.121. The summed E-state index contributed by atoms with van der Waals surface area (Å²) in [4.78, 5) is 18.9. The summed E-state index contributed by atoms with van der Waals surface area (Å²) < 4.78 is 5.37. The molecule has 0 bridgehead atoms. The molecule has 0 saturated heterocycles. The van der Waals surface area contributed by atoms with Crippen molar-refractivity contribution in [1.82, 2.24) is 10.3 Å². The maximum absolute atomic E-state index is 13.0. The second-order valence-corrected chi connectivity index (χ2v) is 7.43. The summed E-state index contributed by atoms with van der Waals surface area (Å²) in [5.74, 6) is 0.642. The van der Waals surface area contributed by atoms with Gasteiger partial charge in [-0.15, -0.1) is 11.3 Å². The van der Waals surface area contributed by atoms with Crippen molar-refractivity contribution in [2.75, 3.05) is 7.11 Å². The normalized spacial score (nSPS) is 10.8. The first kappa shape index (κ1) is 18.2. The zero-order chi connectivity index (χ0) is 19.5. The maximum atomic E-state index is 13.0. The van der Waals surface area contributed by atoms with Gasteiger partial charge in [-0.3, -0.25) is 9.78 Å². The lowest BCUT2D eigenvalue weighted by Crippen LogP contribution is -2.23. The topological polar surface area (TPSA) is 51.2 Å². The Balaban J connectivity index is 1.70. The van der Waals surface area contributed by atoms with E-state index in [1.807, 2.05) is 60.8 Å². The number of benzene rings is 2. The number of thiophene rings is 1. The Hall–Kier alpha value is -3.18. The van der Waals surface area contributed by atoms with Crippen LogP contribution >= 0.6 is 11.3 Å². The van der Waals surface area contributed by atoms with Gasteiger partial charge in [-0.25, -0.2) is 0 Å². The molecule has 0 radical (unpaired) electrons.